The lowest BCUT2D eigenvalue weighted by molar-refractivity contribution is -0.190. The summed E-state index contributed by atoms with van der Waals surface area (Å²) in [6, 6.07) is -0.628. The molecule has 7 nitrogen and oxygen atoms in total. The van der Waals surface area contributed by atoms with Gasteiger partial charge in [-0.05, 0) is 19.9 Å². The second-order valence-electron chi connectivity index (χ2n) is 5.36. The molecule has 0 aliphatic carbocycles. The van der Waals surface area contributed by atoms with Crippen molar-refractivity contribution in [1.29, 1.82) is 0 Å². The summed E-state index contributed by atoms with van der Waals surface area (Å²) in [5.41, 5.74) is -0.602. The Kier molecular flexibility index (Phi) is 4.18. The SMILES string of the molecule is COC(=O)C1=C[C@@H]2N(C(=O)OC)[C@@H](OC(=O)C2(C)C)C1I. The van der Waals surface area contributed by atoms with Gasteiger partial charge >= 0.3 is 18.0 Å². The maximum absolute atomic E-state index is 12.1. The summed E-state index contributed by atoms with van der Waals surface area (Å²) in [6.45, 7) is 3.32. The molecule has 2 rings (SSSR count). The molecule has 116 valence electrons. The van der Waals surface area contributed by atoms with Crippen LogP contribution in [0.25, 0.3) is 0 Å². The van der Waals surface area contributed by atoms with E-state index in [0.29, 0.717) is 5.57 Å². The third kappa shape index (κ3) is 2.39. The number of ether oxygens (including phenoxy) is 3. The van der Waals surface area contributed by atoms with E-state index in [1.807, 2.05) is 22.6 Å². The highest BCUT2D eigenvalue weighted by atomic mass is 127. The van der Waals surface area contributed by atoms with Crippen LogP contribution in [0.3, 0.4) is 0 Å². The molecule has 1 fully saturated rings. The molecular weight excluding hydrogens is 393 g/mol. The van der Waals surface area contributed by atoms with Gasteiger partial charge in [0.25, 0.3) is 0 Å². The van der Waals surface area contributed by atoms with Gasteiger partial charge in [0, 0.05) is 0 Å². The summed E-state index contributed by atoms with van der Waals surface area (Å²) in [7, 11) is 2.54. The largest absolute Gasteiger partial charge is 0.466 e. The number of methoxy groups -OCH3 is 2. The van der Waals surface area contributed by atoms with Gasteiger partial charge in [0.1, 0.15) is 0 Å². The summed E-state index contributed by atoms with van der Waals surface area (Å²) < 4.78 is 14.4. The molecule has 0 N–H and O–H groups in total. The number of hydrogen-bond donors (Lipinski definition) is 0. The summed E-state index contributed by atoms with van der Waals surface area (Å²) in [5, 5.41) is 0. The summed E-state index contributed by atoms with van der Waals surface area (Å²) in [6.07, 6.45) is 0.103. The maximum atomic E-state index is 12.1. The average molecular weight is 409 g/mol. The van der Waals surface area contributed by atoms with Crippen LogP contribution in [0.4, 0.5) is 4.79 Å². The van der Waals surface area contributed by atoms with Gasteiger partial charge in [-0.3, -0.25) is 9.69 Å². The third-order valence-electron chi connectivity index (χ3n) is 3.76. The van der Waals surface area contributed by atoms with Gasteiger partial charge in [-0.15, -0.1) is 0 Å². The molecule has 2 bridgehead atoms. The van der Waals surface area contributed by atoms with Crippen LogP contribution in [0.2, 0.25) is 0 Å². The van der Waals surface area contributed by atoms with Gasteiger partial charge in [-0.2, -0.15) is 0 Å². The number of fused-ring (bicyclic) bond motifs is 2. The third-order valence-corrected chi connectivity index (χ3v) is 5.04. The minimum Gasteiger partial charge on any atom is -0.466 e. The number of alkyl halides is 1. The Hall–Kier alpha value is -1.32. The molecule has 1 amide bonds. The Morgan fingerprint density at radius 3 is 2.48 bits per heavy atom. The van der Waals surface area contributed by atoms with Crippen molar-refractivity contribution in [3.05, 3.63) is 11.6 Å². The highest BCUT2D eigenvalue weighted by molar-refractivity contribution is 14.1. The molecule has 1 unspecified atom stereocenters. The number of halogens is 1. The van der Waals surface area contributed by atoms with Gasteiger partial charge < -0.3 is 14.2 Å². The van der Waals surface area contributed by atoms with E-state index < -0.39 is 39.6 Å². The van der Waals surface area contributed by atoms with Gasteiger partial charge in [-0.1, -0.05) is 22.6 Å². The molecule has 0 saturated carbocycles. The highest BCUT2D eigenvalue weighted by Gasteiger charge is 2.57. The number of esters is 2. The predicted molar refractivity (Wildman–Crippen MR) is 79.6 cm³/mol. The fourth-order valence-corrected chi connectivity index (χ4v) is 3.43. The van der Waals surface area contributed by atoms with Gasteiger partial charge in [0.15, 0.2) is 6.23 Å². The van der Waals surface area contributed by atoms with E-state index >= 15 is 0 Å². The van der Waals surface area contributed by atoms with Crippen LogP contribution in [-0.4, -0.2) is 53.3 Å². The first-order chi connectivity index (χ1) is 9.75. The standard InChI is InChI=1S/C13H16INO6/c1-13(2)7-5-6(10(16)19-3)8(14)9(21-11(13)17)15(7)12(18)20-4/h5,7-9H,1-4H3/t7-,8?,9-/m0/s1. The van der Waals surface area contributed by atoms with Gasteiger partial charge in [0.2, 0.25) is 0 Å². The van der Waals surface area contributed by atoms with Crippen LogP contribution in [0.15, 0.2) is 11.6 Å². The molecule has 21 heavy (non-hydrogen) atoms. The van der Waals surface area contributed by atoms with Crippen LogP contribution in [0.5, 0.6) is 0 Å². The van der Waals surface area contributed by atoms with Crippen LogP contribution >= 0.6 is 22.6 Å². The second kappa shape index (κ2) is 5.47. The molecular formula is C13H16INO6. The molecule has 2 heterocycles. The lowest BCUT2D eigenvalue weighted by atomic mass is 9.78. The van der Waals surface area contributed by atoms with E-state index in [9.17, 15) is 14.4 Å². The van der Waals surface area contributed by atoms with E-state index in [0.717, 1.165) is 0 Å². The van der Waals surface area contributed by atoms with Crippen molar-refractivity contribution in [2.75, 3.05) is 14.2 Å². The Balaban J connectivity index is 2.55. The zero-order valence-electron chi connectivity index (χ0n) is 12.1. The minimum absolute atomic E-state index is 0.383. The second-order valence-corrected chi connectivity index (χ2v) is 6.70. The molecule has 8 heteroatoms. The quantitative estimate of drug-likeness (QED) is 0.281. The van der Waals surface area contributed by atoms with E-state index in [1.54, 1.807) is 19.9 Å². The van der Waals surface area contributed by atoms with Crippen molar-refractivity contribution in [1.82, 2.24) is 4.90 Å². The Bertz CT molecular complexity index is 529. The van der Waals surface area contributed by atoms with Crippen molar-refractivity contribution in [3.8, 4) is 0 Å². The first kappa shape index (κ1) is 16.1. The van der Waals surface area contributed by atoms with Crippen molar-refractivity contribution in [3.63, 3.8) is 0 Å². The molecule has 0 aromatic rings. The molecule has 2 aliphatic heterocycles. The average Bonchev–Trinajstić information content (AvgIpc) is 2.45. The monoisotopic (exact) mass is 409 g/mol. The number of carbonyl (C=O) groups is 3. The van der Waals surface area contributed by atoms with Crippen molar-refractivity contribution < 1.29 is 28.6 Å². The molecule has 0 aromatic carbocycles. The van der Waals surface area contributed by atoms with Crippen molar-refractivity contribution in [2.24, 2.45) is 5.41 Å². The van der Waals surface area contributed by atoms with E-state index in [-0.39, 0.29) is 0 Å². The van der Waals surface area contributed by atoms with Crippen LogP contribution < -0.4 is 0 Å². The first-order valence-electron chi connectivity index (χ1n) is 6.27. The predicted octanol–water partition coefficient (Wildman–Crippen LogP) is 1.25. The van der Waals surface area contributed by atoms with Crippen molar-refractivity contribution >= 4 is 40.6 Å². The smallest absolute Gasteiger partial charge is 0.412 e. The zero-order valence-corrected chi connectivity index (χ0v) is 14.2. The van der Waals surface area contributed by atoms with Gasteiger partial charge in [0.05, 0.1) is 35.2 Å². The highest BCUT2D eigenvalue weighted by Crippen LogP contribution is 2.43. The Labute approximate surface area is 135 Å². The number of carbonyl (C=O) groups excluding carboxylic acids is 3. The van der Waals surface area contributed by atoms with Crippen LogP contribution in [-0.2, 0) is 23.8 Å². The first-order valence-corrected chi connectivity index (χ1v) is 7.51. The van der Waals surface area contributed by atoms with Crippen LogP contribution in [0.1, 0.15) is 13.8 Å². The zero-order chi connectivity index (χ0) is 15.9. The molecule has 0 radical (unpaired) electrons. The molecule has 2 aliphatic rings. The molecule has 0 aromatic heterocycles. The lowest BCUT2D eigenvalue weighted by Crippen LogP contribution is -2.66. The fraction of sp³-hybridized carbons (Fsp3) is 0.615. The topological polar surface area (TPSA) is 82.1 Å². The van der Waals surface area contributed by atoms with E-state index in [4.69, 9.17) is 14.2 Å². The Morgan fingerprint density at radius 2 is 1.95 bits per heavy atom. The van der Waals surface area contributed by atoms with Gasteiger partial charge in [-0.25, -0.2) is 9.59 Å². The summed E-state index contributed by atoms with van der Waals surface area (Å²) >= 11 is 1.95. The van der Waals surface area contributed by atoms with Crippen LogP contribution in [0, 0.1) is 5.41 Å². The number of hydrogen-bond acceptors (Lipinski definition) is 6. The number of rotatable bonds is 1. The number of amides is 1. The number of nitrogens with zero attached hydrogens (tertiary/aromatic N) is 1. The molecule has 0 spiro atoms. The van der Waals surface area contributed by atoms with Crippen molar-refractivity contribution in [2.45, 2.75) is 30.0 Å². The lowest BCUT2D eigenvalue weighted by Gasteiger charge is -2.50. The van der Waals surface area contributed by atoms with E-state index in [2.05, 4.69) is 0 Å². The molecule has 3 atom stereocenters. The maximum Gasteiger partial charge on any atom is 0.412 e. The normalized spacial score (nSPS) is 30.1. The Morgan fingerprint density at radius 1 is 1.33 bits per heavy atom. The summed E-state index contributed by atoms with van der Waals surface area (Å²) in [5.74, 6) is -0.915. The summed E-state index contributed by atoms with van der Waals surface area (Å²) in [4.78, 5) is 37.4. The fourth-order valence-electron chi connectivity index (χ4n) is 2.47. The molecule has 1 saturated heterocycles. The minimum atomic E-state index is -0.985. The van der Waals surface area contributed by atoms with E-state index in [1.165, 1.54) is 19.1 Å².